The van der Waals surface area contributed by atoms with Gasteiger partial charge < -0.3 is 10.2 Å². The number of benzene rings is 1. The van der Waals surface area contributed by atoms with E-state index in [0.29, 0.717) is 13.0 Å². The molecule has 0 aliphatic carbocycles. The van der Waals surface area contributed by atoms with Crippen molar-refractivity contribution in [3.63, 3.8) is 0 Å². The molecule has 1 saturated heterocycles. The Kier molecular flexibility index (Phi) is 4.70. The normalized spacial score (nSPS) is 17.4. The molecular weight excluding hydrogens is 265 g/mol. The van der Waals surface area contributed by atoms with E-state index in [1.807, 2.05) is 0 Å². The van der Waals surface area contributed by atoms with Crippen molar-refractivity contribution in [2.24, 2.45) is 0 Å². The van der Waals surface area contributed by atoms with Gasteiger partial charge in [0, 0.05) is 32.7 Å². The van der Waals surface area contributed by atoms with Gasteiger partial charge in [-0.2, -0.15) is 0 Å². The number of halogens is 3. The molecule has 0 spiro atoms. The quantitative estimate of drug-likeness (QED) is 0.915. The van der Waals surface area contributed by atoms with Crippen molar-refractivity contribution in [3.05, 3.63) is 34.9 Å². The molecule has 0 amide bonds. The third kappa shape index (κ3) is 3.73. The Morgan fingerprint density at radius 2 is 1.85 bits per heavy atom. The second kappa shape index (κ2) is 6.14. The van der Waals surface area contributed by atoms with E-state index in [4.69, 9.17) is 0 Å². The highest BCUT2D eigenvalue weighted by atomic mass is 19.2. The average Bonchev–Trinajstić information content (AvgIpc) is 2.40. The van der Waals surface area contributed by atoms with Crippen molar-refractivity contribution >= 4 is 0 Å². The first-order chi connectivity index (χ1) is 9.38. The van der Waals surface area contributed by atoms with Crippen LogP contribution in [0.3, 0.4) is 0 Å². The Morgan fingerprint density at radius 1 is 1.20 bits per heavy atom. The van der Waals surface area contributed by atoms with Gasteiger partial charge in [0.1, 0.15) is 5.67 Å². The van der Waals surface area contributed by atoms with E-state index < -0.39 is 17.3 Å². The van der Waals surface area contributed by atoms with Gasteiger partial charge in [0.05, 0.1) is 0 Å². The Balaban J connectivity index is 2.11. The number of rotatable bonds is 4. The van der Waals surface area contributed by atoms with E-state index in [0.717, 1.165) is 32.2 Å². The van der Waals surface area contributed by atoms with Crippen LogP contribution in [0.5, 0.6) is 0 Å². The fourth-order valence-corrected chi connectivity index (χ4v) is 2.38. The molecule has 2 rings (SSSR count). The first-order valence-electron chi connectivity index (χ1n) is 6.98. The molecule has 20 heavy (non-hydrogen) atoms. The molecule has 0 unspecified atom stereocenters. The van der Waals surface area contributed by atoms with Gasteiger partial charge in [-0.15, -0.1) is 0 Å². The largest absolute Gasteiger partial charge is 0.314 e. The summed E-state index contributed by atoms with van der Waals surface area (Å²) in [6.07, 6.45) is 0.396. The van der Waals surface area contributed by atoms with Gasteiger partial charge in [0.15, 0.2) is 11.6 Å². The first-order valence-corrected chi connectivity index (χ1v) is 6.98. The fraction of sp³-hybridized carbons (Fsp3) is 0.600. The lowest BCUT2D eigenvalue weighted by molar-refractivity contribution is 0.219. The summed E-state index contributed by atoms with van der Waals surface area (Å²) in [6.45, 7) is 6.98. The Bertz CT molecular complexity index is 463. The summed E-state index contributed by atoms with van der Waals surface area (Å²) in [6, 6.07) is 2.39. The number of alkyl halides is 1. The second-order valence-electron chi connectivity index (χ2n) is 5.75. The Labute approximate surface area is 118 Å². The van der Waals surface area contributed by atoms with Crippen molar-refractivity contribution in [2.75, 3.05) is 32.7 Å². The summed E-state index contributed by atoms with van der Waals surface area (Å²) in [7, 11) is 0. The predicted molar refractivity (Wildman–Crippen MR) is 73.5 cm³/mol. The molecule has 0 aromatic heterocycles. The van der Waals surface area contributed by atoms with Crippen LogP contribution in [0.25, 0.3) is 0 Å². The van der Waals surface area contributed by atoms with Gasteiger partial charge in [-0.1, -0.05) is 0 Å². The van der Waals surface area contributed by atoms with Crippen molar-refractivity contribution in [1.29, 1.82) is 0 Å². The fourth-order valence-electron chi connectivity index (χ4n) is 2.38. The van der Waals surface area contributed by atoms with Gasteiger partial charge in [0.25, 0.3) is 0 Å². The summed E-state index contributed by atoms with van der Waals surface area (Å²) in [4.78, 5) is 2.20. The number of nitrogens with one attached hydrogen (secondary N) is 1. The maximum Gasteiger partial charge on any atom is 0.162 e. The highest BCUT2D eigenvalue weighted by Crippen LogP contribution is 2.28. The standard InChI is InChI=1S/C15H21F3N2/c1-15(2,18)12-9-11(14(17)13(16)10-12)3-6-20-7-4-19-5-8-20/h9-10,19H,3-8H2,1-2H3. The highest BCUT2D eigenvalue weighted by molar-refractivity contribution is 5.30. The van der Waals surface area contributed by atoms with Gasteiger partial charge in [-0.3, -0.25) is 0 Å². The molecule has 1 fully saturated rings. The van der Waals surface area contributed by atoms with Crippen LogP contribution >= 0.6 is 0 Å². The first kappa shape index (κ1) is 15.3. The van der Waals surface area contributed by atoms with Crippen LogP contribution in [0.4, 0.5) is 13.2 Å². The minimum atomic E-state index is -1.67. The highest BCUT2D eigenvalue weighted by Gasteiger charge is 2.23. The van der Waals surface area contributed by atoms with Gasteiger partial charge in [-0.25, -0.2) is 13.2 Å². The molecule has 0 atom stereocenters. The number of hydrogen-bond donors (Lipinski definition) is 1. The van der Waals surface area contributed by atoms with Gasteiger partial charge >= 0.3 is 0 Å². The van der Waals surface area contributed by atoms with Gasteiger partial charge in [0.2, 0.25) is 0 Å². The molecule has 112 valence electrons. The van der Waals surface area contributed by atoms with Crippen LogP contribution in [0.15, 0.2) is 12.1 Å². The molecule has 1 aromatic carbocycles. The molecule has 0 bridgehead atoms. The smallest absolute Gasteiger partial charge is 0.162 e. The van der Waals surface area contributed by atoms with Crippen LogP contribution in [0, 0.1) is 11.6 Å². The van der Waals surface area contributed by atoms with Crippen molar-refractivity contribution in [2.45, 2.75) is 25.9 Å². The molecule has 1 aliphatic heterocycles. The van der Waals surface area contributed by atoms with Crippen LogP contribution < -0.4 is 5.32 Å². The maximum atomic E-state index is 13.9. The zero-order valence-electron chi connectivity index (χ0n) is 12.0. The van der Waals surface area contributed by atoms with Crippen molar-refractivity contribution in [3.8, 4) is 0 Å². The van der Waals surface area contributed by atoms with Crippen LogP contribution in [0.2, 0.25) is 0 Å². The van der Waals surface area contributed by atoms with Crippen molar-refractivity contribution < 1.29 is 13.2 Å². The minimum absolute atomic E-state index is 0.187. The Hall–Kier alpha value is -1.07. The lowest BCUT2D eigenvalue weighted by Gasteiger charge is -2.27. The zero-order valence-corrected chi connectivity index (χ0v) is 12.0. The van der Waals surface area contributed by atoms with E-state index >= 15 is 0 Å². The summed E-state index contributed by atoms with van der Waals surface area (Å²) in [5.41, 5.74) is -1.23. The third-order valence-electron chi connectivity index (χ3n) is 3.70. The Morgan fingerprint density at radius 3 is 2.45 bits per heavy atom. The lowest BCUT2D eigenvalue weighted by atomic mass is 9.96. The topological polar surface area (TPSA) is 15.3 Å². The predicted octanol–water partition coefficient (Wildman–Crippen LogP) is 2.62. The van der Waals surface area contributed by atoms with E-state index in [1.54, 1.807) is 0 Å². The minimum Gasteiger partial charge on any atom is -0.314 e. The SMILES string of the molecule is CC(C)(F)c1cc(F)c(F)c(CCN2CCNCC2)c1. The van der Waals surface area contributed by atoms with E-state index in [1.165, 1.54) is 19.9 Å². The molecule has 5 heteroatoms. The molecular formula is C15H21F3N2. The number of piperazine rings is 1. The van der Waals surface area contributed by atoms with Gasteiger partial charge in [-0.05, 0) is 43.5 Å². The summed E-state index contributed by atoms with van der Waals surface area (Å²) in [5, 5.41) is 3.24. The summed E-state index contributed by atoms with van der Waals surface area (Å²) in [5.74, 6) is -1.82. The second-order valence-corrected chi connectivity index (χ2v) is 5.75. The van der Waals surface area contributed by atoms with E-state index in [-0.39, 0.29) is 11.1 Å². The summed E-state index contributed by atoms with van der Waals surface area (Å²) >= 11 is 0. The number of hydrogen-bond acceptors (Lipinski definition) is 2. The monoisotopic (exact) mass is 286 g/mol. The van der Waals surface area contributed by atoms with E-state index in [9.17, 15) is 13.2 Å². The molecule has 1 N–H and O–H groups in total. The molecule has 2 nitrogen and oxygen atoms in total. The zero-order chi connectivity index (χ0) is 14.8. The average molecular weight is 286 g/mol. The molecule has 0 saturated carbocycles. The maximum absolute atomic E-state index is 13.9. The van der Waals surface area contributed by atoms with Crippen LogP contribution in [0.1, 0.15) is 25.0 Å². The van der Waals surface area contributed by atoms with E-state index in [2.05, 4.69) is 10.2 Å². The van der Waals surface area contributed by atoms with Crippen LogP contribution in [-0.4, -0.2) is 37.6 Å². The summed E-state index contributed by atoms with van der Waals surface area (Å²) < 4.78 is 41.3. The van der Waals surface area contributed by atoms with Crippen LogP contribution in [-0.2, 0) is 12.1 Å². The molecule has 1 aromatic rings. The molecule has 0 radical (unpaired) electrons. The molecule has 1 heterocycles. The molecule has 1 aliphatic rings. The van der Waals surface area contributed by atoms with Crippen molar-refractivity contribution in [1.82, 2.24) is 10.2 Å². The number of nitrogens with zero attached hydrogens (tertiary/aromatic N) is 1. The third-order valence-corrected chi connectivity index (χ3v) is 3.70. The lowest BCUT2D eigenvalue weighted by Crippen LogP contribution is -2.44.